The summed E-state index contributed by atoms with van der Waals surface area (Å²) in [7, 11) is 0. The summed E-state index contributed by atoms with van der Waals surface area (Å²) < 4.78 is 5.79. The minimum Gasteiger partial charge on any atom is -0.382 e. The molecule has 1 N–H and O–H groups in total. The molecule has 1 heterocycles. The molecule has 1 aromatic carbocycles. The van der Waals surface area contributed by atoms with Gasteiger partial charge in [-0.2, -0.15) is 0 Å². The molecule has 2 heteroatoms. The average Bonchev–Trinajstić information content (AvgIpc) is 2.22. The van der Waals surface area contributed by atoms with Crippen LogP contribution in [0, 0.1) is 20.8 Å². The molecule has 1 aromatic rings. The van der Waals surface area contributed by atoms with Crippen LogP contribution in [0.25, 0.3) is 0 Å². The van der Waals surface area contributed by atoms with E-state index in [0.717, 1.165) is 12.8 Å². The predicted octanol–water partition coefficient (Wildman–Crippen LogP) is 3.98. The molecule has 0 radical (unpaired) electrons. The van der Waals surface area contributed by atoms with Crippen LogP contribution in [0.4, 0.5) is 5.69 Å². The second-order valence-corrected chi connectivity index (χ2v) is 5.84. The highest BCUT2D eigenvalue weighted by Gasteiger charge is 2.24. The van der Waals surface area contributed by atoms with Crippen molar-refractivity contribution in [3.63, 3.8) is 0 Å². The van der Waals surface area contributed by atoms with Gasteiger partial charge in [0.1, 0.15) is 0 Å². The van der Waals surface area contributed by atoms with Crippen LogP contribution in [0.1, 0.15) is 43.4 Å². The van der Waals surface area contributed by atoms with Crippen molar-refractivity contribution in [3.05, 3.63) is 28.8 Å². The van der Waals surface area contributed by atoms with Crippen molar-refractivity contribution >= 4 is 5.69 Å². The Morgan fingerprint density at radius 1 is 1.00 bits per heavy atom. The monoisotopic (exact) mass is 247 g/mol. The summed E-state index contributed by atoms with van der Waals surface area (Å²) in [4.78, 5) is 0. The maximum atomic E-state index is 5.79. The first-order valence-electron chi connectivity index (χ1n) is 6.95. The Kier molecular flexibility index (Phi) is 3.96. The summed E-state index contributed by atoms with van der Waals surface area (Å²) in [5.41, 5.74) is 5.34. The molecule has 2 unspecified atom stereocenters. The normalized spacial score (nSPS) is 28.2. The van der Waals surface area contributed by atoms with E-state index in [-0.39, 0.29) is 0 Å². The Balaban J connectivity index is 2.14. The van der Waals surface area contributed by atoms with Crippen LogP contribution in [0.3, 0.4) is 0 Å². The third kappa shape index (κ3) is 3.05. The third-order valence-corrected chi connectivity index (χ3v) is 3.72. The molecule has 1 aliphatic rings. The highest BCUT2D eigenvalue weighted by Crippen LogP contribution is 2.27. The summed E-state index contributed by atoms with van der Waals surface area (Å²) in [5, 5.41) is 3.73. The average molecular weight is 247 g/mol. The number of nitrogens with one attached hydrogen (secondary N) is 1. The van der Waals surface area contributed by atoms with Crippen molar-refractivity contribution in [2.24, 2.45) is 0 Å². The molecule has 2 rings (SSSR count). The summed E-state index contributed by atoms with van der Waals surface area (Å²) in [6.45, 7) is 10.9. The van der Waals surface area contributed by atoms with Gasteiger partial charge in [0.05, 0.1) is 12.2 Å². The van der Waals surface area contributed by atoms with Gasteiger partial charge in [-0.25, -0.2) is 0 Å². The third-order valence-electron chi connectivity index (χ3n) is 3.72. The van der Waals surface area contributed by atoms with Crippen molar-refractivity contribution in [3.8, 4) is 0 Å². The predicted molar refractivity (Wildman–Crippen MR) is 77.3 cm³/mol. The van der Waals surface area contributed by atoms with Crippen molar-refractivity contribution in [2.75, 3.05) is 5.32 Å². The maximum absolute atomic E-state index is 5.79. The van der Waals surface area contributed by atoms with Gasteiger partial charge >= 0.3 is 0 Å². The second kappa shape index (κ2) is 5.31. The lowest BCUT2D eigenvalue weighted by Gasteiger charge is -2.34. The molecule has 1 fully saturated rings. The van der Waals surface area contributed by atoms with Gasteiger partial charge < -0.3 is 10.1 Å². The van der Waals surface area contributed by atoms with Gasteiger partial charge in [0.2, 0.25) is 0 Å². The van der Waals surface area contributed by atoms with Crippen LogP contribution < -0.4 is 5.32 Å². The van der Waals surface area contributed by atoms with Crippen LogP contribution in [0.15, 0.2) is 12.1 Å². The smallest absolute Gasteiger partial charge is 0.0570 e. The zero-order valence-electron chi connectivity index (χ0n) is 12.2. The SMILES string of the molecule is Cc1cc(C)c(NC2CC(C)OC(C)C2)c(C)c1. The Morgan fingerprint density at radius 2 is 1.50 bits per heavy atom. The molecule has 2 nitrogen and oxygen atoms in total. The number of rotatable bonds is 2. The van der Waals surface area contributed by atoms with E-state index >= 15 is 0 Å². The summed E-state index contributed by atoms with van der Waals surface area (Å²) >= 11 is 0. The van der Waals surface area contributed by atoms with E-state index in [2.05, 4.69) is 52.1 Å². The molecule has 1 aliphatic heterocycles. The van der Waals surface area contributed by atoms with Crippen molar-refractivity contribution in [1.82, 2.24) is 0 Å². The Labute approximate surface area is 111 Å². The number of benzene rings is 1. The minimum atomic E-state index is 0.359. The van der Waals surface area contributed by atoms with Gasteiger partial charge in [0.15, 0.2) is 0 Å². The lowest BCUT2D eigenvalue weighted by atomic mass is 9.97. The number of ether oxygens (including phenoxy) is 1. The van der Waals surface area contributed by atoms with E-state index in [4.69, 9.17) is 4.74 Å². The lowest BCUT2D eigenvalue weighted by Crippen LogP contribution is -2.37. The first kappa shape index (κ1) is 13.4. The van der Waals surface area contributed by atoms with Gasteiger partial charge in [-0.1, -0.05) is 17.7 Å². The number of hydrogen-bond acceptors (Lipinski definition) is 2. The van der Waals surface area contributed by atoms with Crippen molar-refractivity contribution in [1.29, 1.82) is 0 Å². The fourth-order valence-electron chi connectivity index (χ4n) is 3.13. The molecule has 18 heavy (non-hydrogen) atoms. The van der Waals surface area contributed by atoms with E-state index in [1.807, 2.05) is 0 Å². The van der Waals surface area contributed by atoms with Crippen molar-refractivity contribution < 1.29 is 4.74 Å². The van der Waals surface area contributed by atoms with Crippen LogP contribution in [-0.2, 0) is 4.74 Å². The summed E-state index contributed by atoms with van der Waals surface area (Å²) in [6, 6.07) is 5.03. The van der Waals surface area contributed by atoms with Crippen molar-refractivity contribution in [2.45, 2.75) is 65.7 Å². The Bertz CT molecular complexity index is 394. The standard InChI is InChI=1S/C16H25NO/c1-10-6-11(2)16(12(3)7-10)17-15-8-13(4)18-14(5)9-15/h6-7,13-15,17H,8-9H2,1-5H3. The molecule has 0 bridgehead atoms. The Hall–Kier alpha value is -1.02. The van der Waals surface area contributed by atoms with Gasteiger partial charge in [0, 0.05) is 11.7 Å². The topological polar surface area (TPSA) is 21.3 Å². The van der Waals surface area contributed by atoms with Gasteiger partial charge in [0.25, 0.3) is 0 Å². The first-order chi connectivity index (χ1) is 8.45. The summed E-state index contributed by atoms with van der Waals surface area (Å²) in [6.07, 6.45) is 2.91. The lowest BCUT2D eigenvalue weighted by molar-refractivity contribution is -0.0337. The van der Waals surface area contributed by atoms with E-state index < -0.39 is 0 Å². The van der Waals surface area contributed by atoms with E-state index in [0.29, 0.717) is 18.2 Å². The van der Waals surface area contributed by atoms with E-state index in [9.17, 15) is 0 Å². The summed E-state index contributed by atoms with van der Waals surface area (Å²) in [5.74, 6) is 0. The molecule has 0 aromatic heterocycles. The number of aryl methyl sites for hydroxylation is 3. The highest BCUT2D eigenvalue weighted by atomic mass is 16.5. The molecule has 0 saturated carbocycles. The van der Waals surface area contributed by atoms with Crippen LogP contribution in [0.2, 0.25) is 0 Å². The second-order valence-electron chi connectivity index (χ2n) is 5.84. The number of anilines is 1. The fraction of sp³-hybridized carbons (Fsp3) is 0.625. The zero-order chi connectivity index (χ0) is 13.3. The Morgan fingerprint density at radius 3 is 2.00 bits per heavy atom. The molecular weight excluding hydrogens is 222 g/mol. The minimum absolute atomic E-state index is 0.359. The number of hydrogen-bond donors (Lipinski definition) is 1. The molecule has 0 spiro atoms. The molecule has 1 saturated heterocycles. The largest absolute Gasteiger partial charge is 0.382 e. The molecular formula is C16H25NO. The molecule has 100 valence electrons. The maximum Gasteiger partial charge on any atom is 0.0570 e. The first-order valence-corrected chi connectivity index (χ1v) is 6.95. The molecule has 0 aliphatic carbocycles. The zero-order valence-corrected chi connectivity index (χ0v) is 12.2. The molecule has 2 atom stereocenters. The van der Waals surface area contributed by atoms with Crippen LogP contribution in [-0.4, -0.2) is 18.2 Å². The highest BCUT2D eigenvalue weighted by molar-refractivity contribution is 5.58. The van der Waals surface area contributed by atoms with Gasteiger partial charge in [-0.3, -0.25) is 0 Å². The van der Waals surface area contributed by atoms with E-state index in [1.54, 1.807) is 0 Å². The quantitative estimate of drug-likeness (QED) is 0.853. The molecule has 0 amide bonds. The van der Waals surface area contributed by atoms with E-state index in [1.165, 1.54) is 22.4 Å². The fourth-order valence-corrected chi connectivity index (χ4v) is 3.13. The van der Waals surface area contributed by atoms with Gasteiger partial charge in [-0.05, 0) is 58.6 Å². The van der Waals surface area contributed by atoms with Gasteiger partial charge in [-0.15, -0.1) is 0 Å². The van der Waals surface area contributed by atoms with Crippen LogP contribution >= 0.6 is 0 Å². The van der Waals surface area contributed by atoms with Crippen LogP contribution in [0.5, 0.6) is 0 Å².